The van der Waals surface area contributed by atoms with Gasteiger partial charge in [0.05, 0.1) is 33.0 Å². The minimum Gasteiger partial charge on any atom is -0.308 e. The number of hydrogen-bond acceptors (Lipinski definition) is 4. The van der Waals surface area contributed by atoms with Gasteiger partial charge in [-0.15, -0.1) is 11.3 Å². The van der Waals surface area contributed by atoms with Crippen molar-refractivity contribution in [1.82, 2.24) is 23.9 Å². The van der Waals surface area contributed by atoms with Gasteiger partial charge in [-0.3, -0.25) is 4.57 Å². The summed E-state index contributed by atoms with van der Waals surface area (Å²) >= 11 is 1.87. The first-order valence-electron chi connectivity index (χ1n) is 21.8. The van der Waals surface area contributed by atoms with E-state index in [2.05, 4.69) is 191 Å². The van der Waals surface area contributed by atoms with Crippen molar-refractivity contribution in [3.63, 3.8) is 0 Å². The lowest BCUT2D eigenvalue weighted by atomic mass is 9.67. The molecule has 5 heterocycles. The van der Waals surface area contributed by atoms with Crippen LogP contribution in [0.4, 0.5) is 0 Å². The van der Waals surface area contributed by atoms with E-state index in [1.807, 2.05) is 29.5 Å². The van der Waals surface area contributed by atoms with Crippen LogP contribution in [0.2, 0.25) is 0 Å². The van der Waals surface area contributed by atoms with E-state index in [1.165, 1.54) is 91.6 Å². The van der Waals surface area contributed by atoms with Gasteiger partial charge in [0, 0.05) is 52.8 Å². The van der Waals surface area contributed by atoms with Crippen molar-refractivity contribution < 1.29 is 0 Å². The van der Waals surface area contributed by atoms with Crippen molar-refractivity contribution in [1.29, 1.82) is 0 Å². The van der Waals surface area contributed by atoms with E-state index in [0.29, 0.717) is 17.6 Å². The van der Waals surface area contributed by atoms with E-state index >= 15 is 0 Å². The molecule has 9 aromatic carbocycles. The molecule has 0 amide bonds. The van der Waals surface area contributed by atoms with Crippen molar-refractivity contribution in [2.75, 3.05) is 0 Å². The van der Waals surface area contributed by atoms with E-state index in [-0.39, 0.29) is 0 Å². The van der Waals surface area contributed by atoms with Crippen LogP contribution in [0.1, 0.15) is 22.3 Å². The number of hydrogen-bond donors (Lipinski definition) is 0. The molecule has 0 saturated heterocycles. The highest BCUT2D eigenvalue weighted by molar-refractivity contribution is 7.26. The Morgan fingerprint density at radius 2 is 0.953 bits per heavy atom. The standard InChI is InChI=1S/C58H33N5S/c1-3-14-34(15-4-1)55-59-56(35-26-28-37(29-27-35)58(36-16-5-2-6-17-36)42-21-10-7-18-38(42)39-19-8-11-22-43(39)58)61-57(60-55)63-46-25-13-24-45-50(46)51-47(63)31-33-48-52(51)53-49(64-48)32-30-41-40-20-9-12-23-44(40)62(45)54(41)53/h1-33H. The van der Waals surface area contributed by atoms with Gasteiger partial charge in [0.2, 0.25) is 5.95 Å². The minimum absolute atomic E-state index is 0.494. The van der Waals surface area contributed by atoms with E-state index in [9.17, 15) is 0 Å². The van der Waals surface area contributed by atoms with Crippen LogP contribution in [-0.4, -0.2) is 23.9 Å². The third-order valence-electron chi connectivity index (χ3n) is 14.0. The number of rotatable bonds is 5. The van der Waals surface area contributed by atoms with Crippen molar-refractivity contribution in [3.8, 4) is 39.9 Å². The summed E-state index contributed by atoms with van der Waals surface area (Å²) in [4.78, 5) is 16.0. The van der Waals surface area contributed by atoms with Gasteiger partial charge in [-0.1, -0.05) is 164 Å². The van der Waals surface area contributed by atoms with Gasteiger partial charge in [-0.2, -0.15) is 9.97 Å². The van der Waals surface area contributed by atoms with Gasteiger partial charge in [0.1, 0.15) is 0 Å². The Morgan fingerprint density at radius 3 is 1.72 bits per heavy atom. The molecular weight excluding hydrogens is 799 g/mol. The van der Waals surface area contributed by atoms with Gasteiger partial charge in [0.25, 0.3) is 0 Å². The van der Waals surface area contributed by atoms with Crippen LogP contribution in [0.15, 0.2) is 200 Å². The van der Waals surface area contributed by atoms with Crippen LogP contribution in [0, 0.1) is 0 Å². The molecule has 64 heavy (non-hydrogen) atoms. The third-order valence-corrected chi connectivity index (χ3v) is 15.1. The first-order valence-corrected chi connectivity index (χ1v) is 22.6. The molecule has 1 aliphatic carbocycles. The molecular formula is C58H33N5S. The maximum atomic E-state index is 5.44. The average molecular weight is 832 g/mol. The molecule has 0 radical (unpaired) electrons. The third kappa shape index (κ3) is 4.30. The number of thiophene rings is 1. The molecule has 0 aliphatic heterocycles. The Labute approximate surface area is 370 Å². The number of fused-ring (bicyclic) bond motifs is 7. The molecule has 0 fully saturated rings. The summed E-state index contributed by atoms with van der Waals surface area (Å²) in [5.41, 5.74) is 14.7. The zero-order valence-electron chi connectivity index (χ0n) is 34.2. The summed E-state index contributed by atoms with van der Waals surface area (Å²) < 4.78 is 7.36. The van der Waals surface area contributed by atoms with Crippen LogP contribution in [0.25, 0.3) is 109 Å². The zero-order valence-corrected chi connectivity index (χ0v) is 35.0. The summed E-state index contributed by atoms with van der Waals surface area (Å²) in [6, 6.07) is 72.7. The predicted molar refractivity (Wildman–Crippen MR) is 264 cm³/mol. The Morgan fingerprint density at radius 1 is 0.375 bits per heavy atom. The Kier molecular flexibility index (Phi) is 6.70. The van der Waals surface area contributed by atoms with Crippen LogP contribution >= 0.6 is 11.3 Å². The van der Waals surface area contributed by atoms with Crippen LogP contribution in [0.3, 0.4) is 0 Å². The van der Waals surface area contributed by atoms with Crippen molar-refractivity contribution in [2.24, 2.45) is 0 Å². The first kappa shape index (κ1) is 34.4. The smallest absolute Gasteiger partial charge is 0.238 e. The first-order chi connectivity index (χ1) is 31.8. The van der Waals surface area contributed by atoms with Crippen LogP contribution in [0.5, 0.6) is 0 Å². The van der Waals surface area contributed by atoms with Crippen molar-refractivity contribution in [2.45, 2.75) is 5.41 Å². The highest BCUT2D eigenvalue weighted by Gasteiger charge is 2.45. The van der Waals surface area contributed by atoms with Crippen LogP contribution in [-0.2, 0) is 5.41 Å². The number of benzene rings is 9. The average Bonchev–Trinajstić information content (AvgIpc) is 4.07. The van der Waals surface area contributed by atoms with E-state index in [4.69, 9.17) is 15.0 Å². The molecule has 0 atom stereocenters. The second kappa shape index (κ2) is 12.5. The summed E-state index contributed by atoms with van der Waals surface area (Å²) in [6.45, 7) is 0. The van der Waals surface area contributed by atoms with Gasteiger partial charge in [-0.25, -0.2) is 4.98 Å². The normalized spacial score (nSPS) is 13.4. The summed E-state index contributed by atoms with van der Waals surface area (Å²) in [5.74, 6) is 1.84. The number of aromatic nitrogens is 5. The van der Waals surface area contributed by atoms with E-state index < -0.39 is 5.41 Å². The summed E-state index contributed by atoms with van der Waals surface area (Å²) in [5, 5.41) is 7.62. The molecule has 5 nitrogen and oxygen atoms in total. The lowest BCUT2D eigenvalue weighted by Gasteiger charge is -2.34. The van der Waals surface area contributed by atoms with Gasteiger partial charge in [0.15, 0.2) is 11.6 Å². The lowest BCUT2D eigenvalue weighted by Crippen LogP contribution is -2.28. The maximum Gasteiger partial charge on any atom is 0.238 e. The lowest BCUT2D eigenvalue weighted by molar-refractivity contribution is 0.768. The second-order valence-electron chi connectivity index (χ2n) is 17.1. The van der Waals surface area contributed by atoms with Crippen molar-refractivity contribution in [3.05, 3.63) is 222 Å². The monoisotopic (exact) mass is 831 g/mol. The molecule has 15 rings (SSSR count). The SMILES string of the molecule is c1ccc(-c2nc(-c3ccc(C4(c5ccccc5)c5ccccc5-c5ccccc54)cc3)nc(-n3c4ccc5sc6ccc7c8ccccc8n8c9cccc3c9c4c5c6c78)n2)cc1. The van der Waals surface area contributed by atoms with Crippen molar-refractivity contribution >= 4 is 80.6 Å². The minimum atomic E-state index is -0.494. The molecule has 0 saturated carbocycles. The van der Waals surface area contributed by atoms with Crippen LogP contribution < -0.4 is 0 Å². The summed E-state index contributed by atoms with van der Waals surface area (Å²) in [7, 11) is 0. The molecule has 0 spiro atoms. The molecule has 14 aromatic rings. The van der Waals surface area contributed by atoms with Gasteiger partial charge >= 0.3 is 0 Å². The molecule has 296 valence electrons. The Hall–Kier alpha value is -8.19. The van der Waals surface area contributed by atoms with E-state index in [0.717, 1.165) is 22.2 Å². The largest absolute Gasteiger partial charge is 0.308 e. The fourth-order valence-electron chi connectivity index (χ4n) is 11.5. The Balaban J connectivity index is 0.993. The molecule has 0 bridgehead atoms. The fourth-order valence-corrected chi connectivity index (χ4v) is 12.6. The van der Waals surface area contributed by atoms with E-state index in [1.54, 1.807) is 0 Å². The quantitative estimate of drug-likeness (QED) is 0.174. The molecule has 0 N–H and O–H groups in total. The number of nitrogens with zero attached hydrogens (tertiary/aromatic N) is 5. The topological polar surface area (TPSA) is 48.0 Å². The fraction of sp³-hybridized carbons (Fsp3) is 0.0172. The van der Waals surface area contributed by atoms with Gasteiger partial charge in [-0.05, 0) is 69.8 Å². The molecule has 0 unspecified atom stereocenters. The second-order valence-corrected chi connectivity index (χ2v) is 18.1. The molecule has 6 heteroatoms. The predicted octanol–water partition coefficient (Wildman–Crippen LogP) is 14.5. The molecule has 1 aliphatic rings. The zero-order chi connectivity index (χ0) is 41.7. The van der Waals surface area contributed by atoms with Gasteiger partial charge < -0.3 is 4.40 Å². The Bertz CT molecular complexity index is 4130. The molecule has 5 aromatic heterocycles. The summed E-state index contributed by atoms with van der Waals surface area (Å²) in [6.07, 6.45) is 0. The maximum absolute atomic E-state index is 5.44. The highest BCUT2D eigenvalue weighted by Crippen LogP contribution is 2.56. The highest BCUT2D eigenvalue weighted by atomic mass is 32.1. The number of para-hydroxylation sites is 1.